The highest BCUT2D eigenvalue weighted by molar-refractivity contribution is 7.73. The number of aromatic nitrogens is 1. The molecule has 2 bridgehead atoms. The summed E-state index contributed by atoms with van der Waals surface area (Å²) in [6, 6.07) is 7.96. The van der Waals surface area contributed by atoms with Crippen LogP contribution in [0.5, 0.6) is 5.75 Å². The van der Waals surface area contributed by atoms with Gasteiger partial charge < -0.3 is 9.84 Å². The van der Waals surface area contributed by atoms with E-state index in [-0.39, 0.29) is 6.04 Å². The van der Waals surface area contributed by atoms with Gasteiger partial charge in [0.05, 0.1) is 18.7 Å². The Morgan fingerprint density at radius 2 is 2.14 bits per heavy atom. The smallest absolute Gasteiger partial charge is 0.299 e. The summed E-state index contributed by atoms with van der Waals surface area (Å²) in [7, 11) is 1.66. The van der Waals surface area contributed by atoms with Crippen LogP contribution in [0.25, 0.3) is 10.9 Å². The van der Waals surface area contributed by atoms with Crippen LogP contribution in [0.1, 0.15) is 24.5 Å². The van der Waals surface area contributed by atoms with Crippen LogP contribution in [0.15, 0.2) is 43.1 Å². The summed E-state index contributed by atoms with van der Waals surface area (Å²) < 4.78 is 28.2. The molecule has 0 aliphatic carbocycles. The predicted octanol–water partition coefficient (Wildman–Crippen LogP) is 2.85. The molecule has 7 nitrogen and oxygen atoms in total. The summed E-state index contributed by atoms with van der Waals surface area (Å²) in [6.07, 6.45) is 5.62. The summed E-state index contributed by atoms with van der Waals surface area (Å²) in [5, 5.41) is 12.1. The molecule has 0 saturated carbocycles. The van der Waals surface area contributed by atoms with Crippen molar-refractivity contribution in [3.8, 4) is 5.75 Å². The SMILES string of the molecule is C=C[C@@H]1CN2CCC1C[C@H]2[C@@H](O)c1ccnc2ccc(OC)cc12.O=S(O)O. The standard InChI is InChI=1S/C20H24N2O2.H2O3S/c1-3-13-12-22-9-7-14(13)10-19(22)20(23)16-6-8-21-18-5-4-15(24-2)11-17(16)18;1-4(2)3/h3-6,8,11,13-14,19-20,23H,1,7,9-10,12H2,2H3;(H2,1,2,3)/t13-,14?,19+,20+;/m1./s1. The minimum Gasteiger partial charge on any atom is -0.497 e. The van der Waals surface area contributed by atoms with Crippen molar-refractivity contribution in [1.29, 1.82) is 0 Å². The van der Waals surface area contributed by atoms with Gasteiger partial charge in [0.1, 0.15) is 5.75 Å². The number of hydrogen-bond acceptors (Lipinski definition) is 5. The average molecular weight is 407 g/mol. The molecule has 8 heteroatoms. The van der Waals surface area contributed by atoms with Crippen molar-refractivity contribution in [2.45, 2.75) is 25.0 Å². The van der Waals surface area contributed by atoms with Gasteiger partial charge in [0.2, 0.25) is 0 Å². The highest BCUT2D eigenvalue weighted by atomic mass is 32.2. The Morgan fingerprint density at radius 3 is 2.75 bits per heavy atom. The van der Waals surface area contributed by atoms with E-state index in [0.29, 0.717) is 11.8 Å². The molecule has 0 amide bonds. The molecule has 0 radical (unpaired) electrons. The molecule has 3 fully saturated rings. The predicted molar refractivity (Wildman–Crippen MR) is 108 cm³/mol. The number of fused-ring (bicyclic) bond motifs is 4. The quantitative estimate of drug-likeness (QED) is 0.530. The summed E-state index contributed by atoms with van der Waals surface area (Å²) >= 11 is -2.61. The van der Waals surface area contributed by atoms with Crippen LogP contribution in [0.4, 0.5) is 0 Å². The molecule has 1 aromatic carbocycles. The fourth-order valence-electron chi connectivity index (χ4n) is 4.44. The second-order valence-corrected chi connectivity index (χ2v) is 7.67. The van der Waals surface area contributed by atoms with Gasteiger partial charge in [-0.25, -0.2) is 0 Å². The third-order valence-corrected chi connectivity index (χ3v) is 5.82. The van der Waals surface area contributed by atoms with Crippen LogP contribution < -0.4 is 4.74 Å². The topological polar surface area (TPSA) is 103 Å². The van der Waals surface area contributed by atoms with Crippen LogP contribution in [-0.4, -0.2) is 54.5 Å². The lowest BCUT2D eigenvalue weighted by Crippen LogP contribution is -2.54. The van der Waals surface area contributed by atoms with Gasteiger partial charge in [0, 0.05) is 24.2 Å². The number of rotatable bonds is 4. The first-order valence-corrected chi connectivity index (χ1v) is 10.3. The second-order valence-electron chi connectivity index (χ2n) is 7.21. The van der Waals surface area contributed by atoms with Gasteiger partial charge >= 0.3 is 0 Å². The molecule has 28 heavy (non-hydrogen) atoms. The second kappa shape index (κ2) is 9.11. The number of piperidine rings is 3. The number of pyridine rings is 1. The van der Waals surface area contributed by atoms with Gasteiger partial charge in [-0.15, -0.1) is 6.58 Å². The fraction of sp³-hybridized carbons (Fsp3) is 0.450. The highest BCUT2D eigenvalue weighted by Crippen LogP contribution is 2.42. The molecule has 3 aliphatic rings. The zero-order valence-electron chi connectivity index (χ0n) is 15.8. The van der Waals surface area contributed by atoms with E-state index in [9.17, 15) is 5.11 Å². The summed E-state index contributed by atoms with van der Waals surface area (Å²) in [5.41, 5.74) is 1.85. The largest absolute Gasteiger partial charge is 0.497 e. The number of benzene rings is 1. The van der Waals surface area contributed by atoms with E-state index in [1.165, 1.54) is 6.42 Å². The number of ether oxygens (including phenoxy) is 1. The van der Waals surface area contributed by atoms with Gasteiger partial charge in [0.25, 0.3) is 11.4 Å². The molecule has 152 valence electrons. The first-order valence-electron chi connectivity index (χ1n) is 9.21. The van der Waals surface area contributed by atoms with Gasteiger partial charge in [-0.05, 0) is 61.1 Å². The van der Waals surface area contributed by atoms with E-state index in [1.807, 2.05) is 24.3 Å². The van der Waals surface area contributed by atoms with Crippen molar-refractivity contribution in [2.75, 3.05) is 20.2 Å². The van der Waals surface area contributed by atoms with Gasteiger partial charge in [-0.2, -0.15) is 4.21 Å². The lowest BCUT2D eigenvalue weighted by Gasteiger charge is -2.50. The minimum atomic E-state index is -2.61. The van der Waals surface area contributed by atoms with E-state index in [1.54, 1.807) is 13.3 Å². The van der Waals surface area contributed by atoms with Gasteiger partial charge in [0.15, 0.2) is 0 Å². The first-order chi connectivity index (χ1) is 13.4. The van der Waals surface area contributed by atoms with Crippen molar-refractivity contribution in [2.24, 2.45) is 11.8 Å². The van der Waals surface area contributed by atoms with E-state index in [0.717, 1.165) is 41.7 Å². The zero-order valence-corrected chi connectivity index (χ0v) is 16.6. The maximum Gasteiger partial charge on any atom is 0.299 e. The van der Waals surface area contributed by atoms with Crippen molar-refractivity contribution < 1.29 is 23.2 Å². The van der Waals surface area contributed by atoms with Crippen LogP contribution in [0.2, 0.25) is 0 Å². The third-order valence-electron chi connectivity index (χ3n) is 5.82. The molecule has 4 heterocycles. The van der Waals surface area contributed by atoms with Crippen molar-refractivity contribution in [3.05, 3.63) is 48.7 Å². The number of nitrogens with zero attached hydrogens (tertiary/aromatic N) is 2. The number of aliphatic hydroxyl groups excluding tert-OH is 1. The molecule has 3 aliphatic heterocycles. The molecule has 3 saturated heterocycles. The average Bonchev–Trinajstić information content (AvgIpc) is 2.72. The maximum atomic E-state index is 11.2. The Hall–Kier alpha value is -1.84. The Balaban J connectivity index is 0.000000516. The molecule has 5 rings (SSSR count). The molecule has 2 unspecified atom stereocenters. The van der Waals surface area contributed by atoms with Gasteiger partial charge in [-0.1, -0.05) is 6.08 Å². The minimum absolute atomic E-state index is 0.178. The van der Waals surface area contributed by atoms with Crippen LogP contribution >= 0.6 is 0 Å². The van der Waals surface area contributed by atoms with Gasteiger partial charge in [-0.3, -0.25) is 19.0 Å². The lowest BCUT2D eigenvalue weighted by molar-refractivity contribution is -0.0444. The van der Waals surface area contributed by atoms with Crippen molar-refractivity contribution >= 4 is 22.3 Å². The van der Waals surface area contributed by atoms with Crippen molar-refractivity contribution in [1.82, 2.24) is 9.88 Å². The molecular formula is C20H26N2O5S. The number of methoxy groups -OCH3 is 1. The summed E-state index contributed by atoms with van der Waals surface area (Å²) in [6.45, 7) is 6.07. The van der Waals surface area contributed by atoms with Crippen LogP contribution in [0.3, 0.4) is 0 Å². The Morgan fingerprint density at radius 1 is 1.39 bits per heavy atom. The molecule has 2 aromatic rings. The monoisotopic (exact) mass is 406 g/mol. The molecule has 5 atom stereocenters. The highest BCUT2D eigenvalue weighted by Gasteiger charge is 2.42. The molecule has 3 N–H and O–H groups in total. The Kier molecular flexibility index (Phi) is 6.79. The zero-order chi connectivity index (χ0) is 20.3. The Labute approximate surface area is 167 Å². The van der Waals surface area contributed by atoms with Crippen LogP contribution in [0, 0.1) is 11.8 Å². The van der Waals surface area contributed by atoms with E-state index >= 15 is 0 Å². The van der Waals surface area contributed by atoms with E-state index in [4.69, 9.17) is 18.1 Å². The van der Waals surface area contributed by atoms with Crippen LogP contribution in [-0.2, 0) is 11.4 Å². The third kappa shape index (κ3) is 4.42. The van der Waals surface area contributed by atoms with Crippen molar-refractivity contribution in [3.63, 3.8) is 0 Å². The lowest BCUT2D eigenvalue weighted by atomic mass is 9.73. The van der Waals surface area contributed by atoms with E-state index in [2.05, 4.69) is 22.5 Å². The number of hydrogen-bond donors (Lipinski definition) is 3. The Bertz CT molecular complexity index is 858. The normalized spacial score (nSPS) is 27.2. The molecule has 0 spiro atoms. The maximum absolute atomic E-state index is 11.2. The molecule has 1 aromatic heterocycles. The first kappa shape index (κ1) is 20.9. The fourth-order valence-corrected chi connectivity index (χ4v) is 4.44. The number of aliphatic hydroxyl groups is 1. The molecular weight excluding hydrogens is 380 g/mol. The summed E-state index contributed by atoms with van der Waals surface area (Å²) in [4.78, 5) is 6.86. The summed E-state index contributed by atoms with van der Waals surface area (Å²) in [5.74, 6) is 2.01. The van der Waals surface area contributed by atoms with E-state index < -0.39 is 17.5 Å².